The number of H-pyrrole nitrogens is 1. The van der Waals surface area contributed by atoms with E-state index in [1.54, 1.807) is 20.2 Å². The third kappa shape index (κ3) is 8.87. The Labute approximate surface area is 238 Å². The molecule has 3 aromatic rings. The summed E-state index contributed by atoms with van der Waals surface area (Å²) in [5, 5.41) is 2.49. The molecule has 0 aliphatic heterocycles. The molecule has 0 saturated carbocycles. The minimum atomic E-state index is -4.36. The highest BCUT2D eigenvalue weighted by atomic mass is 19.4. The second-order valence-electron chi connectivity index (χ2n) is 9.64. The molecule has 0 aliphatic carbocycles. The highest BCUT2D eigenvalue weighted by molar-refractivity contribution is 5.95. The number of rotatable bonds is 11. The van der Waals surface area contributed by atoms with Gasteiger partial charge >= 0.3 is 12.3 Å². The topological polar surface area (TPSA) is 155 Å². The number of anilines is 1. The lowest BCUT2D eigenvalue weighted by molar-refractivity contribution is -0.134. The molecule has 2 N–H and O–H groups in total. The maximum Gasteiger partial charge on any atom is 0.410 e. The molecule has 16 heteroatoms. The van der Waals surface area contributed by atoms with E-state index in [-0.39, 0.29) is 60.1 Å². The van der Waals surface area contributed by atoms with Gasteiger partial charge in [0.05, 0.1) is 12.2 Å². The lowest BCUT2D eigenvalue weighted by Crippen LogP contribution is -2.37. The number of pyridine rings is 1. The van der Waals surface area contributed by atoms with Crippen molar-refractivity contribution in [1.29, 1.82) is 0 Å². The van der Waals surface area contributed by atoms with Crippen LogP contribution < -0.4 is 10.9 Å². The molecule has 0 bridgehead atoms. The number of alkyl halides is 3. The zero-order valence-corrected chi connectivity index (χ0v) is 23.4. The summed E-state index contributed by atoms with van der Waals surface area (Å²) in [6, 6.07) is 2.88. The van der Waals surface area contributed by atoms with Gasteiger partial charge in [0.15, 0.2) is 11.8 Å². The number of nitrogens with zero attached hydrogens (tertiary/aromatic N) is 6. The minimum Gasteiger partial charge on any atom is -0.436 e. The van der Waals surface area contributed by atoms with Crippen LogP contribution in [0.15, 0.2) is 41.6 Å². The Morgan fingerprint density at radius 3 is 2.57 bits per heavy atom. The van der Waals surface area contributed by atoms with Crippen LogP contribution in [-0.4, -0.2) is 92.7 Å². The molecule has 0 aromatic carbocycles. The first-order valence-corrected chi connectivity index (χ1v) is 12.8. The van der Waals surface area contributed by atoms with Crippen LogP contribution in [0.5, 0.6) is 0 Å². The number of hydrogen-bond donors (Lipinski definition) is 2. The molecule has 0 fully saturated rings. The van der Waals surface area contributed by atoms with Crippen LogP contribution >= 0.6 is 0 Å². The number of allylic oxidation sites excluding steroid dienone is 1. The number of carbonyl (C=O) groups excluding carboxylic acids is 3. The van der Waals surface area contributed by atoms with Crippen molar-refractivity contribution in [3.63, 3.8) is 0 Å². The Kier molecular flexibility index (Phi) is 10.4. The Hall–Kier alpha value is -4.76. The monoisotopic (exact) mass is 592 g/mol. The van der Waals surface area contributed by atoms with Crippen LogP contribution in [0.3, 0.4) is 0 Å². The molecule has 1 atom stereocenters. The van der Waals surface area contributed by atoms with Gasteiger partial charge in [-0.05, 0) is 31.1 Å². The van der Waals surface area contributed by atoms with E-state index < -0.39 is 36.3 Å². The largest absolute Gasteiger partial charge is 0.436 e. The third-order valence-electron chi connectivity index (χ3n) is 5.86. The summed E-state index contributed by atoms with van der Waals surface area (Å²) in [6.45, 7) is -0.110. The van der Waals surface area contributed by atoms with Crippen molar-refractivity contribution in [3.8, 4) is 0 Å². The summed E-state index contributed by atoms with van der Waals surface area (Å²) < 4.78 is 44.6. The van der Waals surface area contributed by atoms with Crippen molar-refractivity contribution in [2.24, 2.45) is 0 Å². The lowest BCUT2D eigenvalue weighted by Gasteiger charge is -2.19. The summed E-state index contributed by atoms with van der Waals surface area (Å²) in [4.78, 5) is 67.7. The minimum absolute atomic E-state index is 0.0420. The van der Waals surface area contributed by atoms with Crippen molar-refractivity contribution < 1.29 is 32.3 Å². The predicted octanol–water partition coefficient (Wildman–Crippen LogP) is 2.49. The Balaban J connectivity index is 1.76. The van der Waals surface area contributed by atoms with Crippen LogP contribution in [0.2, 0.25) is 0 Å². The lowest BCUT2D eigenvalue weighted by atomic mass is 10.1. The van der Waals surface area contributed by atoms with Crippen molar-refractivity contribution >= 4 is 34.8 Å². The third-order valence-corrected chi connectivity index (χ3v) is 5.86. The first kappa shape index (κ1) is 31.8. The second kappa shape index (κ2) is 13.7. The number of aryl methyl sites for hydroxylation is 1. The van der Waals surface area contributed by atoms with E-state index in [4.69, 9.17) is 4.74 Å². The smallest absolute Gasteiger partial charge is 0.410 e. The van der Waals surface area contributed by atoms with Crippen LogP contribution in [0, 0.1) is 0 Å². The molecule has 3 rings (SSSR count). The fraction of sp³-hybridized carbons (Fsp3) is 0.423. The van der Waals surface area contributed by atoms with Crippen molar-refractivity contribution in [2.45, 2.75) is 44.5 Å². The number of carbonyl (C=O) groups is 3. The molecule has 3 amide bonds. The number of aromatic amines is 1. The standard InChI is InChI=1S/C26H31F3N8O5/c1-35(2)20(38)10-6-5-9-18(42-25(41)36(3)4)23(39)32-17-8-7-13-37(24(17)40)14-19-33-21-16(11-12-26(27,28)29)30-15-31-22(21)34-19/h6-8,10,13,15,18H,5,9,11-12,14H2,1-4H3,(H,32,39)(H,30,31,33,34)/b10-6+. The average Bonchev–Trinajstić information content (AvgIpc) is 3.33. The van der Waals surface area contributed by atoms with Gasteiger partial charge in [-0.25, -0.2) is 19.7 Å². The van der Waals surface area contributed by atoms with E-state index in [1.807, 2.05) is 0 Å². The molecule has 0 radical (unpaired) electrons. The van der Waals surface area contributed by atoms with Gasteiger partial charge in [-0.1, -0.05) is 6.08 Å². The molecule has 42 heavy (non-hydrogen) atoms. The number of amides is 3. The summed E-state index contributed by atoms with van der Waals surface area (Å²) >= 11 is 0. The maximum absolute atomic E-state index is 13.1. The Bertz CT molecular complexity index is 1510. The summed E-state index contributed by atoms with van der Waals surface area (Å²) in [7, 11) is 6.08. The van der Waals surface area contributed by atoms with E-state index in [1.165, 1.54) is 48.0 Å². The van der Waals surface area contributed by atoms with Gasteiger partial charge in [0.1, 0.15) is 23.4 Å². The van der Waals surface area contributed by atoms with Gasteiger partial charge in [-0.15, -0.1) is 0 Å². The number of aromatic nitrogens is 5. The van der Waals surface area contributed by atoms with E-state index >= 15 is 0 Å². The SMILES string of the molecule is CN(C)C(=O)/C=C/CCC(OC(=O)N(C)C)C(=O)Nc1cccn(Cc2nc3ncnc(CCC(F)(F)F)c3[nH]2)c1=O. The van der Waals surface area contributed by atoms with Crippen LogP contribution in [-0.2, 0) is 27.3 Å². The predicted molar refractivity (Wildman–Crippen MR) is 146 cm³/mol. The van der Waals surface area contributed by atoms with Gasteiger partial charge in [0.25, 0.3) is 11.5 Å². The Morgan fingerprint density at radius 1 is 1.17 bits per heavy atom. The number of nitrogens with one attached hydrogen (secondary N) is 2. The summed E-state index contributed by atoms with van der Waals surface area (Å²) in [5.41, 5.74) is -0.177. The van der Waals surface area contributed by atoms with Crippen LogP contribution in [0.4, 0.5) is 23.7 Å². The molecule has 0 aliphatic rings. The quantitative estimate of drug-likeness (QED) is 0.322. The fourth-order valence-electron chi connectivity index (χ4n) is 3.63. The van der Waals surface area contributed by atoms with E-state index in [2.05, 4.69) is 25.3 Å². The first-order chi connectivity index (χ1) is 19.7. The molecule has 0 spiro atoms. The second-order valence-corrected chi connectivity index (χ2v) is 9.64. The number of halogens is 3. The highest BCUT2D eigenvalue weighted by Gasteiger charge is 2.28. The first-order valence-electron chi connectivity index (χ1n) is 12.8. The molecule has 3 aromatic heterocycles. The zero-order valence-electron chi connectivity index (χ0n) is 23.4. The molecule has 0 saturated heterocycles. The van der Waals surface area contributed by atoms with Gasteiger partial charge < -0.3 is 29.4 Å². The molecule has 226 valence electrons. The molecule has 13 nitrogen and oxygen atoms in total. The van der Waals surface area contributed by atoms with Gasteiger partial charge in [0, 0.05) is 47.2 Å². The summed E-state index contributed by atoms with van der Waals surface area (Å²) in [5.74, 6) is -0.762. The number of likely N-dealkylation sites (N-methyl/N-ethyl adjacent to an activating group) is 1. The fourth-order valence-corrected chi connectivity index (χ4v) is 3.63. The molecule has 1 unspecified atom stereocenters. The number of fused-ring (bicyclic) bond motifs is 1. The van der Waals surface area contributed by atoms with E-state index in [0.29, 0.717) is 0 Å². The maximum atomic E-state index is 13.1. The highest BCUT2D eigenvalue weighted by Crippen LogP contribution is 2.23. The summed E-state index contributed by atoms with van der Waals surface area (Å²) in [6.07, 6.45) is -2.10. The number of ether oxygens (including phenoxy) is 1. The molecular formula is C26H31F3N8O5. The van der Waals surface area contributed by atoms with Gasteiger partial charge in [-0.2, -0.15) is 13.2 Å². The van der Waals surface area contributed by atoms with Gasteiger partial charge in [0.2, 0.25) is 5.91 Å². The number of imidazole rings is 1. The van der Waals surface area contributed by atoms with Crippen molar-refractivity contribution in [1.82, 2.24) is 34.3 Å². The molecule has 3 heterocycles. The normalized spacial score (nSPS) is 12.4. The van der Waals surface area contributed by atoms with Crippen LogP contribution in [0.1, 0.15) is 30.8 Å². The van der Waals surface area contributed by atoms with Gasteiger partial charge in [-0.3, -0.25) is 14.4 Å². The van der Waals surface area contributed by atoms with Crippen LogP contribution in [0.25, 0.3) is 11.2 Å². The average molecular weight is 593 g/mol. The molecular weight excluding hydrogens is 561 g/mol. The van der Waals surface area contributed by atoms with E-state index in [9.17, 15) is 32.3 Å². The zero-order chi connectivity index (χ0) is 31.0. The number of hydrogen-bond acceptors (Lipinski definition) is 8. The van der Waals surface area contributed by atoms with E-state index in [0.717, 1.165) is 11.2 Å². The Morgan fingerprint density at radius 2 is 1.90 bits per heavy atom. The van der Waals surface area contributed by atoms with Crippen molar-refractivity contribution in [2.75, 3.05) is 33.5 Å². The van der Waals surface area contributed by atoms with Crippen molar-refractivity contribution in [3.05, 3.63) is 58.7 Å².